The van der Waals surface area contributed by atoms with Gasteiger partial charge in [-0.3, -0.25) is 0 Å². The summed E-state index contributed by atoms with van der Waals surface area (Å²) in [6.45, 7) is 0. The third-order valence-electron chi connectivity index (χ3n) is 1.75. The molecule has 1 heterocycles. The molecule has 2 aromatic rings. The molecule has 1 aromatic carbocycles. The van der Waals surface area contributed by atoms with Crippen molar-refractivity contribution in [3.63, 3.8) is 0 Å². The lowest BCUT2D eigenvalue weighted by Gasteiger charge is -1.87. The van der Waals surface area contributed by atoms with Crippen molar-refractivity contribution >= 4 is 11.0 Å². The Morgan fingerprint density at radius 2 is 2.31 bits per heavy atom. The molecule has 2 rings (SSSR count). The third kappa shape index (κ3) is 1.13. The molecule has 3 nitrogen and oxygen atoms in total. The molecule has 1 aromatic heterocycles. The molecule has 13 heavy (non-hydrogen) atoms. The highest BCUT2D eigenvalue weighted by atomic mass is 14.9. The standard InChI is InChI=1S/C10H5N3/c1-2-10-12-8-4-3-7(6-11)5-9(8)13-10/h1,3-5H,(H,12,13). The van der Waals surface area contributed by atoms with Gasteiger partial charge in [0.15, 0.2) is 5.82 Å². The molecule has 1 N–H and O–H groups in total. The molecular weight excluding hydrogens is 162 g/mol. The number of rotatable bonds is 0. The second-order valence-electron chi connectivity index (χ2n) is 2.57. The number of terminal acetylenes is 1. The summed E-state index contributed by atoms with van der Waals surface area (Å²) in [4.78, 5) is 7.03. The van der Waals surface area contributed by atoms with Crippen molar-refractivity contribution in [2.45, 2.75) is 0 Å². The molecule has 0 aliphatic rings. The van der Waals surface area contributed by atoms with Gasteiger partial charge in [0.05, 0.1) is 22.7 Å². The van der Waals surface area contributed by atoms with Crippen LogP contribution in [0.4, 0.5) is 0 Å². The van der Waals surface area contributed by atoms with Crippen LogP contribution in [0, 0.1) is 23.7 Å². The number of imidazole rings is 1. The van der Waals surface area contributed by atoms with Crippen molar-refractivity contribution in [1.82, 2.24) is 9.97 Å². The molecule has 0 unspecified atom stereocenters. The van der Waals surface area contributed by atoms with Crippen LogP contribution in [0.5, 0.6) is 0 Å². The molecule has 0 radical (unpaired) electrons. The number of H-pyrrole nitrogens is 1. The number of nitrogens with one attached hydrogen (secondary N) is 1. The van der Waals surface area contributed by atoms with Gasteiger partial charge in [0.2, 0.25) is 0 Å². The second kappa shape index (κ2) is 2.66. The van der Waals surface area contributed by atoms with Crippen molar-refractivity contribution in [3.8, 4) is 18.4 Å². The topological polar surface area (TPSA) is 52.5 Å². The first-order valence-corrected chi connectivity index (χ1v) is 3.70. The van der Waals surface area contributed by atoms with E-state index in [1.54, 1.807) is 18.2 Å². The van der Waals surface area contributed by atoms with Gasteiger partial charge in [-0.1, -0.05) is 0 Å². The lowest BCUT2D eigenvalue weighted by molar-refractivity contribution is 1.28. The quantitative estimate of drug-likeness (QED) is 0.603. The molecule has 0 amide bonds. The minimum atomic E-state index is 0.491. The molecular formula is C10H5N3. The van der Waals surface area contributed by atoms with Gasteiger partial charge in [-0.2, -0.15) is 5.26 Å². The Labute approximate surface area is 75.0 Å². The van der Waals surface area contributed by atoms with E-state index < -0.39 is 0 Å². The minimum absolute atomic E-state index is 0.491. The number of aromatic nitrogens is 2. The number of fused-ring (bicyclic) bond motifs is 1. The number of nitriles is 1. The first-order valence-electron chi connectivity index (χ1n) is 3.70. The smallest absolute Gasteiger partial charge is 0.183 e. The summed E-state index contributed by atoms with van der Waals surface area (Å²) in [6.07, 6.45) is 5.18. The zero-order valence-electron chi connectivity index (χ0n) is 6.70. The largest absolute Gasteiger partial charge is 0.331 e. The minimum Gasteiger partial charge on any atom is -0.331 e. The van der Waals surface area contributed by atoms with E-state index in [1.807, 2.05) is 6.07 Å². The maximum Gasteiger partial charge on any atom is 0.183 e. The molecule has 0 fully saturated rings. The van der Waals surface area contributed by atoms with Gasteiger partial charge in [-0.05, 0) is 24.1 Å². The van der Waals surface area contributed by atoms with Crippen molar-refractivity contribution in [3.05, 3.63) is 29.6 Å². The summed E-state index contributed by atoms with van der Waals surface area (Å²) in [6, 6.07) is 7.25. The lowest BCUT2D eigenvalue weighted by atomic mass is 10.2. The third-order valence-corrected chi connectivity index (χ3v) is 1.75. The van der Waals surface area contributed by atoms with Gasteiger partial charge in [0.25, 0.3) is 0 Å². The summed E-state index contributed by atoms with van der Waals surface area (Å²) in [7, 11) is 0. The maximum absolute atomic E-state index is 8.64. The van der Waals surface area contributed by atoms with E-state index in [1.165, 1.54) is 0 Å². The summed E-state index contributed by atoms with van der Waals surface area (Å²) >= 11 is 0. The lowest BCUT2D eigenvalue weighted by Crippen LogP contribution is -1.73. The van der Waals surface area contributed by atoms with E-state index in [9.17, 15) is 0 Å². The van der Waals surface area contributed by atoms with Crippen LogP contribution in [0.1, 0.15) is 11.4 Å². The Kier molecular flexibility index (Phi) is 1.51. The maximum atomic E-state index is 8.64. The van der Waals surface area contributed by atoms with Crippen LogP contribution in [0.2, 0.25) is 0 Å². The van der Waals surface area contributed by atoms with Gasteiger partial charge < -0.3 is 4.98 Å². The Morgan fingerprint density at radius 1 is 1.46 bits per heavy atom. The fourth-order valence-electron chi connectivity index (χ4n) is 1.15. The van der Waals surface area contributed by atoms with E-state index in [0.29, 0.717) is 11.4 Å². The van der Waals surface area contributed by atoms with Gasteiger partial charge in [-0.25, -0.2) is 4.98 Å². The zero-order valence-corrected chi connectivity index (χ0v) is 6.70. The number of aromatic amines is 1. The number of benzene rings is 1. The average molecular weight is 167 g/mol. The van der Waals surface area contributed by atoms with E-state index >= 15 is 0 Å². The van der Waals surface area contributed by atoms with Gasteiger partial charge >= 0.3 is 0 Å². The highest BCUT2D eigenvalue weighted by molar-refractivity contribution is 5.77. The van der Waals surface area contributed by atoms with Crippen LogP contribution in [0.3, 0.4) is 0 Å². The van der Waals surface area contributed by atoms with E-state index in [0.717, 1.165) is 11.0 Å². The highest BCUT2D eigenvalue weighted by Gasteiger charge is 2.00. The molecule has 0 aliphatic carbocycles. The van der Waals surface area contributed by atoms with Crippen molar-refractivity contribution in [2.75, 3.05) is 0 Å². The predicted molar refractivity (Wildman–Crippen MR) is 48.7 cm³/mol. The first kappa shape index (κ1) is 7.39. The van der Waals surface area contributed by atoms with Crippen molar-refractivity contribution in [2.24, 2.45) is 0 Å². The molecule has 0 atom stereocenters. The number of nitrogens with zero attached hydrogens (tertiary/aromatic N) is 2. The van der Waals surface area contributed by atoms with Crippen LogP contribution in [0.25, 0.3) is 11.0 Å². The first-order chi connectivity index (χ1) is 6.33. The van der Waals surface area contributed by atoms with Crippen molar-refractivity contribution in [1.29, 1.82) is 5.26 Å². The van der Waals surface area contributed by atoms with Crippen LogP contribution >= 0.6 is 0 Å². The van der Waals surface area contributed by atoms with E-state index in [4.69, 9.17) is 11.7 Å². The van der Waals surface area contributed by atoms with Crippen LogP contribution < -0.4 is 0 Å². The molecule has 60 valence electrons. The van der Waals surface area contributed by atoms with Gasteiger partial charge in [0.1, 0.15) is 0 Å². The zero-order chi connectivity index (χ0) is 9.26. The van der Waals surface area contributed by atoms with Gasteiger partial charge in [-0.15, -0.1) is 6.42 Å². The van der Waals surface area contributed by atoms with Gasteiger partial charge in [0, 0.05) is 0 Å². The molecule has 0 spiro atoms. The Bertz CT molecular complexity index is 525. The average Bonchev–Trinajstić information content (AvgIpc) is 2.58. The molecule has 3 heteroatoms. The fraction of sp³-hybridized carbons (Fsp3) is 0. The SMILES string of the molecule is C#Cc1nc2ccc(C#N)cc2[nH]1. The summed E-state index contributed by atoms with van der Waals surface area (Å²) < 4.78 is 0. The van der Waals surface area contributed by atoms with Crippen LogP contribution in [0.15, 0.2) is 18.2 Å². The summed E-state index contributed by atoms with van der Waals surface area (Å²) in [5.74, 6) is 2.90. The molecule has 0 bridgehead atoms. The summed E-state index contributed by atoms with van der Waals surface area (Å²) in [5, 5.41) is 8.64. The molecule has 0 aliphatic heterocycles. The number of hydrogen-bond donors (Lipinski definition) is 1. The summed E-state index contributed by atoms with van der Waals surface area (Å²) in [5.41, 5.74) is 2.18. The highest BCUT2D eigenvalue weighted by Crippen LogP contribution is 2.12. The Balaban J connectivity index is 2.74. The van der Waals surface area contributed by atoms with E-state index in [-0.39, 0.29) is 0 Å². The van der Waals surface area contributed by atoms with Crippen LogP contribution in [-0.4, -0.2) is 9.97 Å². The molecule has 0 saturated heterocycles. The van der Waals surface area contributed by atoms with Crippen LogP contribution in [-0.2, 0) is 0 Å². The predicted octanol–water partition coefficient (Wildman–Crippen LogP) is 1.42. The monoisotopic (exact) mass is 167 g/mol. The van der Waals surface area contributed by atoms with E-state index in [2.05, 4.69) is 15.9 Å². The normalized spacial score (nSPS) is 9.38. The second-order valence-corrected chi connectivity index (χ2v) is 2.57. The van der Waals surface area contributed by atoms with Crippen molar-refractivity contribution < 1.29 is 0 Å². The number of hydrogen-bond acceptors (Lipinski definition) is 2. The molecule has 0 saturated carbocycles. The fourth-order valence-corrected chi connectivity index (χ4v) is 1.15. The Morgan fingerprint density at radius 3 is 3.00 bits per heavy atom. The Hall–Kier alpha value is -2.26.